The van der Waals surface area contributed by atoms with Crippen LogP contribution in [0.1, 0.15) is 10.5 Å². The molecule has 1 aromatic heterocycles. The summed E-state index contributed by atoms with van der Waals surface area (Å²) >= 11 is 0. The van der Waals surface area contributed by atoms with Gasteiger partial charge in [-0.1, -0.05) is 12.1 Å². The molecule has 1 aromatic carbocycles. The molecule has 0 aliphatic rings. The lowest BCUT2D eigenvalue weighted by Crippen LogP contribution is -2.34. The molecule has 0 spiro atoms. The molecular weight excluding hydrogens is 320 g/mol. The molecular formula is C14H18N4O4S. The molecule has 2 rings (SSSR count). The van der Waals surface area contributed by atoms with Crippen LogP contribution in [0, 0.1) is 0 Å². The van der Waals surface area contributed by atoms with Gasteiger partial charge in [-0.2, -0.15) is 5.10 Å². The van der Waals surface area contributed by atoms with Crippen molar-refractivity contribution in [3.8, 4) is 17.0 Å². The summed E-state index contributed by atoms with van der Waals surface area (Å²) in [5, 5.41) is 9.36. The Hall–Kier alpha value is -2.39. The molecule has 0 radical (unpaired) electrons. The Kier molecular flexibility index (Phi) is 5.35. The van der Waals surface area contributed by atoms with Crippen molar-refractivity contribution in [3.63, 3.8) is 0 Å². The number of nitrogens with one attached hydrogen (secondary N) is 3. The molecule has 0 fully saturated rings. The first-order chi connectivity index (χ1) is 10.9. The summed E-state index contributed by atoms with van der Waals surface area (Å²) in [4.78, 5) is 12.0. The smallest absolute Gasteiger partial charge is 0.269 e. The summed E-state index contributed by atoms with van der Waals surface area (Å²) < 4.78 is 29.4. The first-order valence-electron chi connectivity index (χ1n) is 6.82. The fraction of sp³-hybridized carbons (Fsp3) is 0.286. The summed E-state index contributed by atoms with van der Waals surface area (Å²) in [6, 6.07) is 8.95. The Labute approximate surface area is 134 Å². The number of ether oxygens (including phenoxy) is 1. The Balaban J connectivity index is 2.00. The van der Waals surface area contributed by atoms with Gasteiger partial charge in [-0.05, 0) is 18.2 Å². The second-order valence-corrected chi connectivity index (χ2v) is 6.62. The van der Waals surface area contributed by atoms with Crippen LogP contribution in [0.2, 0.25) is 0 Å². The van der Waals surface area contributed by atoms with Gasteiger partial charge in [-0.25, -0.2) is 13.1 Å². The highest BCUT2D eigenvalue weighted by atomic mass is 32.2. The van der Waals surface area contributed by atoms with E-state index in [0.29, 0.717) is 11.4 Å². The third-order valence-corrected chi connectivity index (χ3v) is 3.71. The first-order valence-corrected chi connectivity index (χ1v) is 8.71. The number of sulfonamides is 1. The Morgan fingerprint density at radius 2 is 2.04 bits per heavy atom. The van der Waals surface area contributed by atoms with Gasteiger partial charge >= 0.3 is 0 Å². The number of hydrogen-bond donors (Lipinski definition) is 3. The second-order valence-electron chi connectivity index (χ2n) is 4.79. The molecule has 2 aromatic rings. The Bertz CT molecular complexity index is 786. The van der Waals surface area contributed by atoms with Crippen LogP contribution in [0.25, 0.3) is 11.3 Å². The summed E-state index contributed by atoms with van der Waals surface area (Å²) in [5.41, 5.74) is 1.64. The molecule has 0 saturated heterocycles. The van der Waals surface area contributed by atoms with Crippen molar-refractivity contribution in [2.45, 2.75) is 0 Å². The molecule has 3 N–H and O–H groups in total. The van der Waals surface area contributed by atoms with Crippen molar-refractivity contribution in [1.82, 2.24) is 20.2 Å². The number of H-pyrrole nitrogens is 1. The number of carbonyl (C=O) groups is 1. The van der Waals surface area contributed by atoms with Gasteiger partial charge in [0.1, 0.15) is 11.4 Å². The molecule has 0 aliphatic carbocycles. The molecule has 8 nitrogen and oxygen atoms in total. The molecule has 1 heterocycles. The number of amides is 1. The quantitative estimate of drug-likeness (QED) is 0.631. The van der Waals surface area contributed by atoms with Crippen LogP contribution in [0.3, 0.4) is 0 Å². The number of hydrogen-bond acceptors (Lipinski definition) is 5. The number of para-hydroxylation sites is 1. The maximum atomic E-state index is 12.0. The van der Waals surface area contributed by atoms with E-state index in [0.717, 1.165) is 11.8 Å². The zero-order valence-electron chi connectivity index (χ0n) is 12.8. The zero-order chi connectivity index (χ0) is 16.9. The van der Waals surface area contributed by atoms with Crippen molar-refractivity contribution in [3.05, 3.63) is 36.0 Å². The van der Waals surface area contributed by atoms with Crippen molar-refractivity contribution in [2.24, 2.45) is 0 Å². The molecule has 9 heteroatoms. The monoisotopic (exact) mass is 338 g/mol. The lowest BCUT2D eigenvalue weighted by atomic mass is 10.1. The number of aromatic amines is 1. The number of rotatable bonds is 7. The number of aromatic nitrogens is 2. The average molecular weight is 338 g/mol. The Morgan fingerprint density at radius 3 is 2.74 bits per heavy atom. The number of methoxy groups -OCH3 is 1. The van der Waals surface area contributed by atoms with Crippen molar-refractivity contribution < 1.29 is 17.9 Å². The fourth-order valence-corrected chi connectivity index (χ4v) is 2.41. The van der Waals surface area contributed by atoms with E-state index >= 15 is 0 Å². The standard InChI is InChI=1S/C14H18N4O4S/c1-22-13-6-4-3-5-10(13)11-9-12(18-17-11)14(19)15-7-8-16-23(2,20)21/h3-6,9,16H,7-8H2,1-2H3,(H,15,19)(H,17,18). The van der Waals surface area contributed by atoms with Crippen molar-refractivity contribution in [1.29, 1.82) is 0 Å². The molecule has 124 valence electrons. The van der Waals surface area contributed by atoms with Gasteiger partial charge in [0.05, 0.1) is 19.1 Å². The highest BCUT2D eigenvalue weighted by molar-refractivity contribution is 7.88. The molecule has 0 aliphatic heterocycles. The third kappa shape index (κ3) is 4.80. The minimum Gasteiger partial charge on any atom is -0.496 e. The first kappa shape index (κ1) is 17.0. The highest BCUT2D eigenvalue weighted by Crippen LogP contribution is 2.28. The van der Waals surface area contributed by atoms with Gasteiger partial charge in [-0.15, -0.1) is 0 Å². The Morgan fingerprint density at radius 1 is 1.30 bits per heavy atom. The van der Waals surface area contributed by atoms with Crippen LogP contribution in [0.4, 0.5) is 0 Å². The maximum absolute atomic E-state index is 12.0. The lowest BCUT2D eigenvalue weighted by molar-refractivity contribution is 0.0949. The normalized spacial score (nSPS) is 11.2. The van der Waals surface area contributed by atoms with Gasteiger partial charge in [0.15, 0.2) is 0 Å². The SMILES string of the molecule is COc1ccccc1-c1cc(C(=O)NCCNS(C)(=O)=O)[nH]n1. The van der Waals surface area contributed by atoms with E-state index in [4.69, 9.17) is 4.74 Å². The average Bonchev–Trinajstić information content (AvgIpc) is 3.00. The minimum atomic E-state index is -3.26. The van der Waals surface area contributed by atoms with Gasteiger partial charge in [0, 0.05) is 18.7 Å². The maximum Gasteiger partial charge on any atom is 0.269 e. The van der Waals surface area contributed by atoms with E-state index in [2.05, 4.69) is 20.2 Å². The van der Waals surface area contributed by atoms with Gasteiger partial charge in [-0.3, -0.25) is 9.89 Å². The van der Waals surface area contributed by atoms with Crippen LogP contribution < -0.4 is 14.8 Å². The van der Waals surface area contributed by atoms with E-state index in [9.17, 15) is 13.2 Å². The van der Waals surface area contributed by atoms with Crippen LogP contribution in [-0.4, -0.2) is 51.0 Å². The summed E-state index contributed by atoms with van der Waals surface area (Å²) in [6.45, 7) is 0.299. The van der Waals surface area contributed by atoms with Crippen molar-refractivity contribution >= 4 is 15.9 Å². The van der Waals surface area contributed by atoms with Gasteiger partial charge in [0.25, 0.3) is 5.91 Å². The molecule has 1 amide bonds. The predicted molar refractivity (Wildman–Crippen MR) is 85.8 cm³/mol. The predicted octanol–water partition coefficient (Wildman–Crippen LogP) is 0.364. The topological polar surface area (TPSA) is 113 Å². The largest absolute Gasteiger partial charge is 0.496 e. The van der Waals surface area contributed by atoms with Crippen LogP contribution in [0.15, 0.2) is 30.3 Å². The lowest BCUT2D eigenvalue weighted by Gasteiger charge is -2.04. The van der Waals surface area contributed by atoms with Crippen LogP contribution >= 0.6 is 0 Å². The minimum absolute atomic E-state index is 0.123. The van der Waals surface area contributed by atoms with E-state index < -0.39 is 10.0 Å². The number of nitrogens with zero attached hydrogens (tertiary/aromatic N) is 1. The van der Waals surface area contributed by atoms with E-state index in [1.54, 1.807) is 19.2 Å². The fourth-order valence-electron chi connectivity index (χ4n) is 1.94. The third-order valence-electron chi connectivity index (χ3n) is 2.98. The van der Waals surface area contributed by atoms with Crippen molar-refractivity contribution in [2.75, 3.05) is 26.5 Å². The number of benzene rings is 1. The molecule has 0 saturated carbocycles. The number of carbonyl (C=O) groups excluding carboxylic acids is 1. The van der Waals surface area contributed by atoms with E-state index in [1.165, 1.54) is 0 Å². The summed E-state index contributed by atoms with van der Waals surface area (Å²) in [5.74, 6) is 0.289. The summed E-state index contributed by atoms with van der Waals surface area (Å²) in [7, 11) is -1.70. The van der Waals surface area contributed by atoms with Gasteiger partial charge in [0.2, 0.25) is 10.0 Å². The summed E-state index contributed by atoms with van der Waals surface area (Å²) in [6.07, 6.45) is 1.06. The van der Waals surface area contributed by atoms with E-state index in [1.807, 2.05) is 18.2 Å². The van der Waals surface area contributed by atoms with Crippen LogP contribution in [-0.2, 0) is 10.0 Å². The van der Waals surface area contributed by atoms with Gasteiger partial charge < -0.3 is 10.1 Å². The van der Waals surface area contributed by atoms with E-state index in [-0.39, 0.29) is 24.7 Å². The zero-order valence-corrected chi connectivity index (χ0v) is 13.6. The molecule has 0 unspecified atom stereocenters. The molecule has 0 bridgehead atoms. The van der Waals surface area contributed by atoms with Crippen LogP contribution in [0.5, 0.6) is 5.75 Å². The molecule has 23 heavy (non-hydrogen) atoms. The highest BCUT2D eigenvalue weighted by Gasteiger charge is 2.13. The second kappa shape index (κ2) is 7.25. The molecule has 0 atom stereocenters.